The maximum Gasteiger partial charge on any atom is 0.273 e. The van der Waals surface area contributed by atoms with Crippen molar-refractivity contribution in [2.75, 3.05) is 0 Å². The van der Waals surface area contributed by atoms with Crippen LogP contribution in [0.25, 0.3) is 17.3 Å². The Morgan fingerprint density at radius 3 is 3.00 bits per heavy atom. The third kappa shape index (κ3) is 2.53. The van der Waals surface area contributed by atoms with E-state index in [4.69, 9.17) is 16.6 Å². The molecule has 0 saturated heterocycles. The first kappa shape index (κ1) is 11.8. The lowest BCUT2D eigenvalue weighted by atomic mass is 10.2. The number of para-hydroxylation sites is 2. The number of aromatic nitrogens is 1. The lowest BCUT2D eigenvalue weighted by molar-refractivity contribution is -0.114. The molecule has 0 radical (unpaired) electrons. The molecule has 0 amide bonds. The van der Waals surface area contributed by atoms with E-state index >= 15 is 0 Å². The molecule has 0 aliphatic carbocycles. The molecule has 4 heteroatoms. The number of rotatable bonds is 4. The van der Waals surface area contributed by atoms with Crippen molar-refractivity contribution < 1.29 is 9.21 Å². The van der Waals surface area contributed by atoms with E-state index in [0.717, 1.165) is 17.5 Å². The summed E-state index contributed by atoms with van der Waals surface area (Å²) < 4.78 is 7.11. The largest absolute Gasteiger partial charge is 0.429 e. The third-order valence-electron chi connectivity index (χ3n) is 2.42. The van der Waals surface area contributed by atoms with Crippen LogP contribution < -0.4 is 0 Å². The lowest BCUT2D eigenvalue weighted by Crippen LogP contribution is -1.92. The summed E-state index contributed by atoms with van der Waals surface area (Å²) in [5.41, 5.74) is 1.60. The quantitative estimate of drug-likeness (QED) is 0.609. The molecule has 2 aromatic rings. The second-order valence-electron chi connectivity index (χ2n) is 3.74. The number of allylic oxidation sites excluding steroid dienone is 1. The van der Waals surface area contributed by atoms with Crippen LogP contribution >= 0.6 is 12.2 Å². The van der Waals surface area contributed by atoms with E-state index in [9.17, 15) is 4.79 Å². The molecule has 1 heterocycles. The fraction of sp³-hybridized carbons (Fsp3) is 0.231. The predicted molar refractivity (Wildman–Crippen MR) is 70.3 cm³/mol. The van der Waals surface area contributed by atoms with E-state index in [1.165, 1.54) is 0 Å². The zero-order valence-corrected chi connectivity index (χ0v) is 10.4. The van der Waals surface area contributed by atoms with Crippen molar-refractivity contribution in [3.05, 3.63) is 35.2 Å². The Morgan fingerprint density at radius 1 is 1.47 bits per heavy atom. The number of carbonyl (C=O) groups excluding carboxylic acids is 1. The number of benzene rings is 1. The van der Waals surface area contributed by atoms with Gasteiger partial charge in [0, 0.05) is 12.6 Å². The fourth-order valence-electron chi connectivity index (χ4n) is 1.61. The number of hydrogen-bond acceptors (Lipinski definition) is 3. The van der Waals surface area contributed by atoms with Crippen molar-refractivity contribution in [2.24, 2.45) is 0 Å². The number of hydrogen-bond donors (Lipinski definition) is 0. The summed E-state index contributed by atoms with van der Waals surface area (Å²) in [6.45, 7) is 1.98. The van der Waals surface area contributed by atoms with Gasteiger partial charge < -0.3 is 4.42 Å². The number of carbonyl (C=O) groups is 1. The van der Waals surface area contributed by atoms with Crippen LogP contribution in [0.1, 0.15) is 19.8 Å². The molecule has 0 spiro atoms. The average molecular weight is 247 g/mol. The highest BCUT2D eigenvalue weighted by atomic mass is 32.1. The Hall–Kier alpha value is -1.68. The molecule has 0 aliphatic rings. The Balaban J connectivity index is 2.39. The Kier molecular flexibility index (Phi) is 3.54. The molecule has 1 aromatic carbocycles. The average Bonchev–Trinajstić information content (AvgIpc) is 2.62. The van der Waals surface area contributed by atoms with E-state index in [2.05, 4.69) is 0 Å². The topological polar surface area (TPSA) is 35.1 Å². The second kappa shape index (κ2) is 5.10. The SMILES string of the molecule is CCCC(=O)/C=C/n1c(=S)oc2ccccc21. The number of oxazole rings is 1. The molecule has 0 unspecified atom stereocenters. The van der Waals surface area contributed by atoms with Gasteiger partial charge in [-0.1, -0.05) is 19.1 Å². The highest BCUT2D eigenvalue weighted by molar-refractivity contribution is 7.71. The Bertz CT molecular complexity index is 622. The highest BCUT2D eigenvalue weighted by Gasteiger charge is 2.03. The molecule has 0 saturated carbocycles. The zero-order chi connectivity index (χ0) is 12.3. The molecule has 3 nitrogen and oxygen atoms in total. The molecule has 17 heavy (non-hydrogen) atoms. The van der Waals surface area contributed by atoms with Gasteiger partial charge in [-0.05, 0) is 36.8 Å². The first-order chi connectivity index (χ1) is 8.22. The Labute approximate surface area is 104 Å². The van der Waals surface area contributed by atoms with Gasteiger partial charge in [-0.25, -0.2) is 0 Å². The molecular formula is C13H13NO2S. The zero-order valence-electron chi connectivity index (χ0n) is 9.55. The van der Waals surface area contributed by atoms with E-state index in [1.54, 1.807) is 16.8 Å². The van der Waals surface area contributed by atoms with Crippen LogP contribution in [0.3, 0.4) is 0 Å². The maximum atomic E-state index is 11.4. The smallest absolute Gasteiger partial charge is 0.273 e. The fourth-order valence-corrected chi connectivity index (χ4v) is 1.86. The van der Waals surface area contributed by atoms with Crippen LogP contribution in [0, 0.1) is 4.84 Å². The van der Waals surface area contributed by atoms with Crippen molar-refractivity contribution in [2.45, 2.75) is 19.8 Å². The van der Waals surface area contributed by atoms with Gasteiger partial charge in [-0.2, -0.15) is 0 Å². The summed E-state index contributed by atoms with van der Waals surface area (Å²) in [5, 5.41) is 0. The van der Waals surface area contributed by atoms with Crippen molar-refractivity contribution in [1.82, 2.24) is 4.57 Å². The van der Waals surface area contributed by atoms with Crippen LogP contribution in [0.15, 0.2) is 34.8 Å². The predicted octanol–water partition coefficient (Wildman–Crippen LogP) is 3.80. The lowest BCUT2D eigenvalue weighted by Gasteiger charge is -1.94. The van der Waals surface area contributed by atoms with Crippen molar-refractivity contribution in [3.63, 3.8) is 0 Å². The summed E-state index contributed by atoms with van der Waals surface area (Å²) in [4.78, 5) is 11.8. The van der Waals surface area contributed by atoms with E-state index in [1.807, 2.05) is 31.2 Å². The molecule has 2 rings (SSSR count). The molecule has 0 N–H and O–H groups in total. The van der Waals surface area contributed by atoms with E-state index in [0.29, 0.717) is 11.3 Å². The minimum Gasteiger partial charge on any atom is -0.429 e. The first-order valence-electron chi connectivity index (χ1n) is 5.53. The van der Waals surface area contributed by atoms with Gasteiger partial charge in [0.1, 0.15) is 0 Å². The summed E-state index contributed by atoms with van der Waals surface area (Å²) >= 11 is 5.10. The molecule has 0 bridgehead atoms. The monoisotopic (exact) mass is 247 g/mol. The van der Waals surface area contributed by atoms with Crippen molar-refractivity contribution in [1.29, 1.82) is 0 Å². The van der Waals surface area contributed by atoms with Crippen molar-refractivity contribution >= 4 is 35.3 Å². The molecule has 1 aromatic heterocycles. The third-order valence-corrected chi connectivity index (χ3v) is 2.70. The highest BCUT2D eigenvalue weighted by Crippen LogP contribution is 2.17. The number of nitrogens with zero attached hydrogens (tertiary/aromatic N) is 1. The molecule has 0 fully saturated rings. The van der Waals surface area contributed by atoms with Crippen LogP contribution in [0.5, 0.6) is 0 Å². The van der Waals surface area contributed by atoms with Crippen LogP contribution in [0.2, 0.25) is 0 Å². The summed E-state index contributed by atoms with van der Waals surface area (Å²) in [6, 6.07) is 7.55. The van der Waals surface area contributed by atoms with E-state index in [-0.39, 0.29) is 5.78 Å². The minimum atomic E-state index is 0.0969. The van der Waals surface area contributed by atoms with Gasteiger partial charge >= 0.3 is 0 Å². The van der Waals surface area contributed by atoms with Crippen LogP contribution in [-0.4, -0.2) is 10.4 Å². The van der Waals surface area contributed by atoms with Gasteiger partial charge in [-0.15, -0.1) is 0 Å². The summed E-state index contributed by atoms with van der Waals surface area (Å²) in [7, 11) is 0. The summed E-state index contributed by atoms with van der Waals surface area (Å²) in [5.74, 6) is 0.0969. The molecule has 88 valence electrons. The molecule has 0 aliphatic heterocycles. The molecule has 0 atom stereocenters. The second-order valence-corrected chi connectivity index (χ2v) is 4.09. The van der Waals surface area contributed by atoms with Gasteiger partial charge in [0.05, 0.1) is 5.52 Å². The van der Waals surface area contributed by atoms with Gasteiger partial charge in [0.25, 0.3) is 4.84 Å². The normalized spacial score (nSPS) is 11.4. The molecular weight excluding hydrogens is 234 g/mol. The number of fused-ring (bicyclic) bond motifs is 1. The number of ketones is 1. The van der Waals surface area contributed by atoms with Crippen molar-refractivity contribution in [3.8, 4) is 0 Å². The van der Waals surface area contributed by atoms with Crippen LogP contribution in [-0.2, 0) is 4.79 Å². The van der Waals surface area contributed by atoms with Gasteiger partial charge in [0.15, 0.2) is 11.4 Å². The van der Waals surface area contributed by atoms with Gasteiger partial charge in [0.2, 0.25) is 0 Å². The summed E-state index contributed by atoms with van der Waals surface area (Å²) in [6.07, 6.45) is 4.62. The van der Waals surface area contributed by atoms with Crippen LogP contribution in [0.4, 0.5) is 0 Å². The van der Waals surface area contributed by atoms with E-state index < -0.39 is 0 Å². The minimum absolute atomic E-state index is 0.0969. The maximum absolute atomic E-state index is 11.4. The standard InChI is InChI=1S/C13H13NO2S/c1-2-5-10(15)8-9-14-11-6-3-4-7-12(11)16-13(14)17/h3-4,6-9H,2,5H2,1H3/b9-8+. The van der Waals surface area contributed by atoms with Gasteiger partial charge in [-0.3, -0.25) is 9.36 Å². The Morgan fingerprint density at radius 2 is 2.24 bits per heavy atom. The first-order valence-corrected chi connectivity index (χ1v) is 5.94.